The number of aliphatic hydroxyl groups excluding tert-OH is 1. The third kappa shape index (κ3) is 3.18. The summed E-state index contributed by atoms with van der Waals surface area (Å²) in [4.78, 5) is 12.3. The van der Waals surface area contributed by atoms with E-state index in [0.29, 0.717) is 24.0 Å². The minimum atomic E-state index is -0.688. The van der Waals surface area contributed by atoms with Crippen LogP contribution in [0.5, 0.6) is 0 Å². The fraction of sp³-hybridized carbons (Fsp3) is 0.318. The Kier molecular flexibility index (Phi) is 4.62. The van der Waals surface area contributed by atoms with Crippen LogP contribution in [0.15, 0.2) is 42.7 Å². The number of nitrogens with zero attached hydrogens (tertiary/aromatic N) is 5. The molecule has 0 spiro atoms. The van der Waals surface area contributed by atoms with Gasteiger partial charge in [-0.15, -0.1) is 0 Å². The van der Waals surface area contributed by atoms with Gasteiger partial charge in [-0.2, -0.15) is 5.26 Å². The number of aliphatic hydroxyl groups is 1. The first kappa shape index (κ1) is 18.6. The van der Waals surface area contributed by atoms with E-state index in [1.165, 1.54) is 0 Å². The van der Waals surface area contributed by atoms with Crippen LogP contribution in [0.3, 0.4) is 0 Å². The molecule has 152 valence electrons. The monoisotopic (exact) mass is 401 g/mol. The molecular weight excluding hydrogens is 378 g/mol. The maximum absolute atomic E-state index is 10.4. The molecule has 4 heterocycles. The van der Waals surface area contributed by atoms with E-state index in [0.717, 1.165) is 47.1 Å². The van der Waals surface area contributed by atoms with E-state index in [2.05, 4.69) is 36.0 Å². The van der Waals surface area contributed by atoms with Gasteiger partial charge in [0.1, 0.15) is 22.8 Å². The van der Waals surface area contributed by atoms with Gasteiger partial charge in [0.2, 0.25) is 0 Å². The normalized spacial score (nSPS) is 17.6. The van der Waals surface area contributed by atoms with Gasteiger partial charge in [-0.3, -0.25) is 0 Å². The highest BCUT2D eigenvalue weighted by Crippen LogP contribution is 2.28. The number of H-pyrrole nitrogens is 1. The Morgan fingerprint density at radius 3 is 3.13 bits per heavy atom. The molecule has 2 atom stereocenters. The lowest BCUT2D eigenvalue weighted by Crippen LogP contribution is -2.38. The Hall–Kier alpha value is -3.41. The predicted octanol–water partition coefficient (Wildman–Crippen LogP) is 2.34. The molecule has 1 aliphatic heterocycles. The molecule has 0 saturated carbocycles. The number of hydrogen-bond acceptors (Lipinski definition) is 6. The van der Waals surface area contributed by atoms with Gasteiger partial charge in [-0.05, 0) is 37.1 Å². The summed E-state index contributed by atoms with van der Waals surface area (Å²) in [6.45, 7) is 4.12. The molecule has 0 amide bonds. The highest BCUT2D eigenvalue weighted by Gasteiger charge is 2.28. The van der Waals surface area contributed by atoms with Crippen LogP contribution in [0.1, 0.15) is 36.4 Å². The van der Waals surface area contributed by atoms with Gasteiger partial charge in [0.15, 0.2) is 5.82 Å². The highest BCUT2D eigenvalue weighted by atomic mass is 16.3. The van der Waals surface area contributed by atoms with Crippen LogP contribution in [0, 0.1) is 11.3 Å². The molecule has 5 rings (SSSR count). The number of pyridine rings is 1. The zero-order chi connectivity index (χ0) is 20.7. The molecule has 0 aliphatic carbocycles. The molecule has 1 saturated heterocycles. The number of rotatable bonds is 5. The quantitative estimate of drug-likeness (QED) is 0.474. The first-order valence-corrected chi connectivity index (χ1v) is 10.1. The molecule has 8 nitrogen and oxygen atoms in total. The topological polar surface area (TPSA) is 106 Å². The zero-order valence-electron chi connectivity index (χ0n) is 16.7. The fourth-order valence-corrected chi connectivity index (χ4v) is 4.23. The van der Waals surface area contributed by atoms with E-state index < -0.39 is 6.10 Å². The SMILES string of the molecule is C[C@@H](O)c1nc2cnc3[nH]ccc3c2n1N1CCC(NCc2cccc(C#N)c2)C1. The lowest BCUT2D eigenvalue weighted by atomic mass is 10.1. The first-order valence-electron chi connectivity index (χ1n) is 10.1. The van der Waals surface area contributed by atoms with Gasteiger partial charge in [-0.25, -0.2) is 14.6 Å². The Morgan fingerprint density at radius 2 is 2.30 bits per heavy atom. The Morgan fingerprint density at radius 1 is 1.40 bits per heavy atom. The van der Waals surface area contributed by atoms with Crippen molar-refractivity contribution in [2.24, 2.45) is 0 Å². The molecule has 1 aromatic carbocycles. The molecule has 0 radical (unpaired) electrons. The molecule has 3 aromatic heterocycles. The van der Waals surface area contributed by atoms with Gasteiger partial charge in [0.05, 0.1) is 17.8 Å². The van der Waals surface area contributed by atoms with Crippen LogP contribution in [0.4, 0.5) is 0 Å². The highest BCUT2D eigenvalue weighted by molar-refractivity contribution is 6.01. The van der Waals surface area contributed by atoms with E-state index in [1.807, 2.05) is 36.5 Å². The maximum atomic E-state index is 10.4. The largest absolute Gasteiger partial charge is 0.385 e. The lowest BCUT2D eigenvalue weighted by Gasteiger charge is -2.24. The van der Waals surface area contributed by atoms with Crippen LogP contribution in [0.2, 0.25) is 0 Å². The van der Waals surface area contributed by atoms with E-state index >= 15 is 0 Å². The Balaban J connectivity index is 1.41. The molecule has 1 aliphatic rings. The molecular formula is C22H23N7O. The summed E-state index contributed by atoms with van der Waals surface area (Å²) >= 11 is 0. The zero-order valence-corrected chi connectivity index (χ0v) is 16.7. The molecule has 8 heteroatoms. The molecule has 0 bridgehead atoms. The van der Waals surface area contributed by atoms with Gasteiger partial charge in [0.25, 0.3) is 0 Å². The first-order chi connectivity index (χ1) is 14.6. The second kappa shape index (κ2) is 7.44. The summed E-state index contributed by atoms with van der Waals surface area (Å²) in [7, 11) is 0. The summed E-state index contributed by atoms with van der Waals surface area (Å²) in [6, 6.07) is 12.2. The van der Waals surface area contributed by atoms with Crippen molar-refractivity contribution in [2.45, 2.75) is 32.0 Å². The number of nitrogens with one attached hydrogen (secondary N) is 2. The Labute approximate surface area is 173 Å². The summed E-state index contributed by atoms with van der Waals surface area (Å²) in [5.74, 6) is 0.628. The second-order valence-corrected chi connectivity index (χ2v) is 7.78. The van der Waals surface area contributed by atoms with Crippen molar-refractivity contribution in [3.8, 4) is 6.07 Å². The third-order valence-electron chi connectivity index (χ3n) is 5.68. The van der Waals surface area contributed by atoms with Crippen LogP contribution in [0.25, 0.3) is 22.1 Å². The number of aromatic nitrogens is 4. The average molecular weight is 401 g/mol. The van der Waals surface area contributed by atoms with Gasteiger partial charge < -0.3 is 20.4 Å². The molecule has 1 fully saturated rings. The van der Waals surface area contributed by atoms with Crippen molar-refractivity contribution in [2.75, 3.05) is 18.1 Å². The molecule has 1 unspecified atom stereocenters. The van der Waals surface area contributed by atoms with Gasteiger partial charge >= 0.3 is 0 Å². The lowest BCUT2D eigenvalue weighted by molar-refractivity contribution is 0.184. The predicted molar refractivity (Wildman–Crippen MR) is 114 cm³/mol. The van der Waals surface area contributed by atoms with E-state index in [1.54, 1.807) is 13.1 Å². The number of nitriles is 1. The minimum Gasteiger partial charge on any atom is -0.385 e. The van der Waals surface area contributed by atoms with Crippen molar-refractivity contribution in [1.82, 2.24) is 24.9 Å². The van der Waals surface area contributed by atoms with Crippen molar-refractivity contribution in [3.63, 3.8) is 0 Å². The van der Waals surface area contributed by atoms with Crippen molar-refractivity contribution in [3.05, 3.63) is 59.7 Å². The number of hydrogen-bond donors (Lipinski definition) is 3. The van der Waals surface area contributed by atoms with E-state index in [4.69, 9.17) is 5.26 Å². The van der Waals surface area contributed by atoms with Gasteiger partial charge in [0, 0.05) is 37.3 Å². The Bertz CT molecular complexity index is 1250. The average Bonchev–Trinajstić information content (AvgIpc) is 3.48. The van der Waals surface area contributed by atoms with Crippen molar-refractivity contribution in [1.29, 1.82) is 5.26 Å². The van der Waals surface area contributed by atoms with Crippen LogP contribution < -0.4 is 10.3 Å². The summed E-state index contributed by atoms with van der Waals surface area (Å²) < 4.78 is 2.07. The summed E-state index contributed by atoms with van der Waals surface area (Å²) in [5.41, 5.74) is 4.34. The smallest absolute Gasteiger partial charge is 0.157 e. The third-order valence-corrected chi connectivity index (χ3v) is 5.68. The van der Waals surface area contributed by atoms with Crippen molar-refractivity contribution < 1.29 is 5.11 Å². The number of benzene rings is 1. The van der Waals surface area contributed by atoms with Crippen LogP contribution in [-0.2, 0) is 6.54 Å². The van der Waals surface area contributed by atoms with E-state index in [-0.39, 0.29) is 0 Å². The van der Waals surface area contributed by atoms with Gasteiger partial charge in [-0.1, -0.05) is 12.1 Å². The second-order valence-electron chi connectivity index (χ2n) is 7.78. The fourth-order valence-electron chi connectivity index (χ4n) is 4.23. The number of fused-ring (bicyclic) bond motifs is 3. The summed E-state index contributed by atoms with van der Waals surface area (Å²) in [6.07, 6.45) is 3.93. The van der Waals surface area contributed by atoms with Crippen LogP contribution >= 0.6 is 0 Å². The number of imidazole rings is 1. The van der Waals surface area contributed by atoms with Crippen LogP contribution in [-0.4, -0.2) is 43.9 Å². The number of aromatic amines is 1. The molecule has 4 aromatic rings. The minimum absolute atomic E-state index is 0.304. The van der Waals surface area contributed by atoms with E-state index in [9.17, 15) is 5.11 Å². The molecule has 3 N–H and O–H groups in total. The van der Waals surface area contributed by atoms with Crippen molar-refractivity contribution >= 4 is 22.1 Å². The maximum Gasteiger partial charge on any atom is 0.157 e. The standard InChI is InChI=1S/C22H23N7O/c1-14(30)22-27-19-12-26-21-18(5-7-24-21)20(19)29(22)28-8-6-17(13-28)25-11-16-4-2-3-15(9-16)10-23/h2-5,7,9,12,14,17,25,30H,6,8,11,13H2,1H3,(H,24,26)/t14-,17?/m1/s1. The molecule has 30 heavy (non-hydrogen) atoms. The summed E-state index contributed by atoms with van der Waals surface area (Å²) in [5, 5.41) is 26.3.